The van der Waals surface area contributed by atoms with Crippen molar-refractivity contribution in [3.63, 3.8) is 0 Å². The maximum absolute atomic E-state index is 11.7. The molecular weight excluding hydrogens is 458 g/mol. The lowest BCUT2D eigenvalue weighted by atomic mass is 9.94. The summed E-state index contributed by atoms with van der Waals surface area (Å²) >= 11 is 0. The normalized spacial score (nSPS) is 20.6. The van der Waals surface area contributed by atoms with E-state index in [1.807, 2.05) is 29.9 Å². The summed E-state index contributed by atoms with van der Waals surface area (Å²) in [4.78, 5) is 29.7. The molecule has 192 valence electrons. The lowest BCUT2D eigenvalue weighted by Crippen LogP contribution is -2.43. The topological polar surface area (TPSA) is 138 Å². The number of hydrogen-bond acceptors (Lipinski definition) is 9. The number of anilines is 4. The highest BCUT2D eigenvalue weighted by Gasteiger charge is 2.31. The van der Waals surface area contributed by atoms with Gasteiger partial charge < -0.3 is 26.0 Å². The van der Waals surface area contributed by atoms with Crippen LogP contribution in [-0.2, 0) is 4.79 Å². The van der Waals surface area contributed by atoms with Crippen LogP contribution in [0.15, 0.2) is 24.5 Å². The largest absolute Gasteiger partial charge is 0.390 e. The van der Waals surface area contributed by atoms with E-state index in [2.05, 4.69) is 38.9 Å². The van der Waals surface area contributed by atoms with Crippen LogP contribution < -0.4 is 20.9 Å². The predicted octanol–water partition coefficient (Wildman–Crippen LogP) is 2.60. The number of hydrogen-bond donors (Lipinski definition) is 3. The van der Waals surface area contributed by atoms with Gasteiger partial charge in [0.15, 0.2) is 5.82 Å². The minimum atomic E-state index is -0.626. The SMILES string of the molecule is CCC(C)n1nc(N2CCC(C(N)=O)C2)c2cnc(Nc3ccnc(N4CCC(C)(O)CC4)n3)cc21. The van der Waals surface area contributed by atoms with Gasteiger partial charge in [-0.1, -0.05) is 6.92 Å². The molecule has 3 aromatic rings. The van der Waals surface area contributed by atoms with E-state index < -0.39 is 5.60 Å². The summed E-state index contributed by atoms with van der Waals surface area (Å²) in [6.07, 6.45) is 6.62. The summed E-state index contributed by atoms with van der Waals surface area (Å²) in [5.41, 5.74) is 5.91. The van der Waals surface area contributed by atoms with Crippen molar-refractivity contribution in [2.75, 3.05) is 41.3 Å². The summed E-state index contributed by atoms with van der Waals surface area (Å²) in [7, 11) is 0. The van der Waals surface area contributed by atoms with Crippen molar-refractivity contribution in [2.24, 2.45) is 11.7 Å². The van der Waals surface area contributed by atoms with Crippen molar-refractivity contribution < 1.29 is 9.90 Å². The number of piperidine rings is 1. The third-order valence-electron chi connectivity index (χ3n) is 7.49. The average Bonchev–Trinajstić information content (AvgIpc) is 3.49. The number of aliphatic hydroxyl groups is 1. The van der Waals surface area contributed by atoms with Crippen molar-refractivity contribution in [1.29, 1.82) is 0 Å². The number of pyridine rings is 1. The van der Waals surface area contributed by atoms with Crippen LogP contribution in [0.3, 0.4) is 0 Å². The van der Waals surface area contributed by atoms with Crippen LogP contribution in [0.2, 0.25) is 0 Å². The molecule has 11 heteroatoms. The van der Waals surface area contributed by atoms with Crippen molar-refractivity contribution in [3.8, 4) is 0 Å². The number of nitrogens with zero attached hydrogens (tertiary/aromatic N) is 7. The summed E-state index contributed by atoms with van der Waals surface area (Å²) in [6, 6.07) is 4.02. The van der Waals surface area contributed by atoms with Gasteiger partial charge in [-0.05, 0) is 45.6 Å². The molecule has 2 aliphatic heterocycles. The van der Waals surface area contributed by atoms with Gasteiger partial charge >= 0.3 is 0 Å². The Morgan fingerprint density at radius 2 is 2.03 bits per heavy atom. The zero-order chi connectivity index (χ0) is 25.4. The van der Waals surface area contributed by atoms with E-state index >= 15 is 0 Å². The number of carbonyl (C=O) groups excluding carboxylic acids is 1. The molecule has 36 heavy (non-hydrogen) atoms. The predicted molar refractivity (Wildman–Crippen MR) is 139 cm³/mol. The highest BCUT2D eigenvalue weighted by Crippen LogP contribution is 2.33. The van der Waals surface area contributed by atoms with E-state index in [1.54, 1.807) is 6.20 Å². The number of primary amides is 1. The minimum Gasteiger partial charge on any atom is -0.390 e. The molecule has 0 aromatic carbocycles. The van der Waals surface area contributed by atoms with Gasteiger partial charge in [-0.2, -0.15) is 10.1 Å². The third kappa shape index (κ3) is 4.79. The van der Waals surface area contributed by atoms with Crippen molar-refractivity contribution in [1.82, 2.24) is 24.7 Å². The molecule has 4 N–H and O–H groups in total. The van der Waals surface area contributed by atoms with Gasteiger partial charge in [-0.25, -0.2) is 9.97 Å². The van der Waals surface area contributed by atoms with E-state index in [4.69, 9.17) is 15.8 Å². The number of nitrogens with two attached hydrogens (primary N) is 1. The molecule has 2 unspecified atom stereocenters. The Bertz CT molecular complexity index is 1250. The molecule has 0 aliphatic carbocycles. The molecule has 3 aromatic heterocycles. The Kier molecular flexibility index (Phi) is 6.42. The smallest absolute Gasteiger partial charge is 0.227 e. The lowest BCUT2D eigenvalue weighted by Gasteiger charge is -2.35. The standard InChI is InChI=1S/C25H35N9O2/c1-4-16(2)34-19-13-21(28-14-18(19)23(31-34)33-10-6-17(15-33)22(26)35)29-20-5-9-27-24(30-20)32-11-7-25(3,36)8-12-32/h5,9,13-14,16-17,36H,4,6-8,10-12,15H2,1-3H3,(H2,26,35)(H,27,28,29,30). The molecule has 0 radical (unpaired) electrons. The monoisotopic (exact) mass is 493 g/mol. The number of aromatic nitrogens is 5. The van der Waals surface area contributed by atoms with Gasteiger partial charge in [0.1, 0.15) is 11.6 Å². The second-order valence-corrected chi connectivity index (χ2v) is 10.3. The van der Waals surface area contributed by atoms with Crippen molar-refractivity contribution in [2.45, 2.75) is 58.1 Å². The van der Waals surface area contributed by atoms with E-state index in [0.717, 1.165) is 36.1 Å². The molecule has 2 atom stereocenters. The molecule has 0 spiro atoms. The lowest BCUT2D eigenvalue weighted by molar-refractivity contribution is -0.121. The summed E-state index contributed by atoms with van der Waals surface area (Å²) in [6.45, 7) is 8.91. The molecule has 11 nitrogen and oxygen atoms in total. The molecular formula is C25H35N9O2. The van der Waals surface area contributed by atoms with E-state index in [9.17, 15) is 9.90 Å². The fraction of sp³-hybridized carbons (Fsp3) is 0.560. The van der Waals surface area contributed by atoms with Gasteiger partial charge in [0, 0.05) is 50.7 Å². The fourth-order valence-electron chi connectivity index (χ4n) is 4.90. The van der Waals surface area contributed by atoms with Crippen LogP contribution in [0.1, 0.15) is 52.5 Å². The summed E-state index contributed by atoms with van der Waals surface area (Å²) in [5, 5.41) is 19.5. The number of rotatable bonds is 7. The van der Waals surface area contributed by atoms with E-state index in [0.29, 0.717) is 50.1 Å². The highest BCUT2D eigenvalue weighted by atomic mass is 16.3. The Hall–Kier alpha value is -3.47. The second-order valence-electron chi connectivity index (χ2n) is 10.3. The molecule has 5 heterocycles. The van der Waals surface area contributed by atoms with Gasteiger partial charge in [-0.15, -0.1) is 0 Å². The number of nitrogens with one attached hydrogen (secondary N) is 1. The Morgan fingerprint density at radius 3 is 2.72 bits per heavy atom. The second kappa shape index (κ2) is 9.53. The zero-order valence-electron chi connectivity index (χ0n) is 21.2. The maximum Gasteiger partial charge on any atom is 0.227 e. The van der Waals surface area contributed by atoms with Gasteiger partial charge in [-0.3, -0.25) is 9.48 Å². The molecule has 2 fully saturated rings. The van der Waals surface area contributed by atoms with Crippen LogP contribution in [0.4, 0.5) is 23.4 Å². The molecule has 1 amide bonds. The maximum atomic E-state index is 11.7. The van der Waals surface area contributed by atoms with Crippen LogP contribution >= 0.6 is 0 Å². The quantitative estimate of drug-likeness (QED) is 0.453. The number of fused-ring (bicyclic) bond motifs is 1. The minimum absolute atomic E-state index is 0.152. The number of carbonyl (C=O) groups is 1. The van der Waals surface area contributed by atoms with Crippen LogP contribution in [0.5, 0.6) is 0 Å². The van der Waals surface area contributed by atoms with Crippen LogP contribution in [-0.4, -0.2) is 67.5 Å². The molecule has 2 saturated heterocycles. The first-order valence-corrected chi connectivity index (χ1v) is 12.7. The van der Waals surface area contributed by atoms with Gasteiger partial charge in [0.2, 0.25) is 11.9 Å². The Morgan fingerprint density at radius 1 is 1.25 bits per heavy atom. The molecule has 2 aliphatic rings. The molecule has 0 saturated carbocycles. The van der Waals surface area contributed by atoms with E-state index in [-0.39, 0.29) is 17.9 Å². The number of amides is 1. The molecule has 0 bridgehead atoms. The zero-order valence-corrected chi connectivity index (χ0v) is 21.2. The molecule has 5 rings (SSSR count). The third-order valence-corrected chi connectivity index (χ3v) is 7.49. The Labute approximate surface area is 210 Å². The fourth-order valence-corrected chi connectivity index (χ4v) is 4.90. The summed E-state index contributed by atoms with van der Waals surface area (Å²) in [5.74, 6) is 2.40. The van der Waals surface area contributed by atoms with Crippen molar-refractivity contribution in [3.05, 3.63) is 24.5 Å². The Balaban J connectivity index is 1.41. The summed E-state index contributed by atoms with van der Waals surface area (Å²) < 4.78 is 2.04. The van der Waals surface area contributed by atoms with Crippen molar-refractivity contribution >= 4 is 40.2 Å². The first-order chi connectivity index (χ1) is 17.2. The van der Waals surface area contributed by atoms with E-state index in [1.165, 1.54) is 0 Å². The first-order valence-electron chi connectivity index (χ1n) is 12.7. The highest BCUT2D eigenvalue weighted by molar-refractivity contribution is 5.92. The van der Waals surface area contributed by atoms with Crippen LogP contribution in [0.25, 0.3) is 10.9 Å². The average molecular weight is 494 g/mol. The first kappa shape index (κ1) is 24.2. The van der Waals surface area contributed by atoms with Gasteiger partial charge in [0.05, 0.1) is 22.4 Å². The van der Waals surface area contributed by atoms with Crippen LogP contribution in [0, 0.1) is 5.92 Å². The van der Waals surface area contributed by atoms with Gasteiger partial charge in [0.25, 0.3) is 0 Å².